The van der Waals surface area contributed by atoms with Gasteiger partial charge in [-0.3, -0.25) is 0 Å². The third-order valence-corrected chi connectivity index (χ3v) is 18.2. The minimum absolute atomic E-state index is 0.102. The van der Waals surface area contributed by atoms with Gasteiger partial charge in [-0.1, -0.05) is 47.6 Å². The maximum atomic E-state index is 13.6. The second-order valence-corrected chi connectivity index (χ2v) is 23.2. The quantitative estimate of drug-likeness (QED) is 0.124. The number of phenols is 4. The number of phenolic OH excluding ortho intramolecular Hbond substituents is 4. The fourth-order valence-electron chi connectivity index (χ4n) is 16.7. The number of nitrogens with zero attached hydrogens (tertiary/aromatic N) is 1. The number of hydrogen-bond acceptors (Lipinski definition) is 7. The predicted molar refractivity (Wildman–Crippen MR) is 241 cm³/mol. The highest BCUT2D eigenvalue weighted by molar-refractivity contribution is 5.55. The van der Waals surface area contributed by atoms with Crippen LogP contribution in [-0.2, 0) is 20.5 Å². The number of rotatable bonds is 12. The lowest BCUT2D eigenvalue weighted by Crippen LogP contribution is -2.56. The lowest BCUT2D eigenvalue weighted by Gasteiger charge is -2.61. The molecule has 8 bridgehead atoms. The minimum Gasteiger partial charge on any atom is -0.507 e. The summed E-state index contributed by atoms with van der Waals surface area (Å²) in [7, 11) is 0. The van der Waals surface area contributed by atoms with Gasteiger partial charge in [0.25, 0.3) is 0 Å². The number of benzene rings is 2. The first-order valence-corrected chi connectivity index (χ1v) is 24.0. The average Bonchev–Trinajstić information content (AvgIpc) is 3.18. The monoisotopic (exact) mass is 845 g/mol. The fraction of sp³-hybridized carbons (Fsp3) is 0.630. The molecule has 8 fully saturated rings. The van der Waals surface area contributed by atoms with Gasteiger partial charge in [0.15, 0.2) is 13.2 Å². The molecule has 62 heavy (non-hydrogen) atoms. The molecule has 8 heteroatoms. The second kappa shape index (κ2) is 14.9. The molecule has 0 saturated heterocycles. The van der Waals surface area contributed by atoms with Crippen molar-refractivity contribution in [2.75, 3.05) is 13.2 Å². The summed E-state index contributed by atoms with van der Waals surface area (Å²) in [6.45, 7) is 17.5. The topological polar surface area (TPSA) is 119 Å². The molecule has 12 rings (SSSR count). The molecule has 8 saturated carbocycles. The molecule has 0 aliphatic heterocycles. The van der Waals surface area contributed by atoms with Crippen molar-refractivity contribution in [3.05, 3.63) is 99.0 Å². The van der Waals surface area contributed by atoms with Crippen molar-refractivity contribution in [2.45, 2.75) is 153 Å². The molecule has 10 aliphatic rings. The van der Waals surface area contributed by atoms with Gasteiger partial charge in [-0.2, -0.15) is 9.68 Å². The Bertz CT molecular complexity index is 2040. The highest BCUT2D eigenvalue weighted by atomic mass is 17.0. The summed E-state index contributed by atoms with van der Waals surface area (Å²) < 4.78 is 0. The Morgan fingerprint density at radius 1 is 0.613 bits per heavy atom. The molecule has 4 N–H and O–H groups in total. The summed E-state index contributed by atoms with van der Waals surface area (Å²) in [5.74, 6) is 2.85. The zero-order valence-corrected chi connectivity index (χ0v) is 37.7. The van der Waals surface area contributed by atoms with Crippen LogP contribution in [0.2, 0.25) is 0 Å². The summed E-state index contributed by atoms with van der Waals surface area (Å²) in [5.41, 5.74) is 7.23. The van der Waals surface area contributed by atoms with Crippen LogP contribution in [0, 0.1) is 51.2 Å². The molecule has 0 amide bonds. The van der Waals surface area contributed by atoms with Crippen LogP contribution >= 0.6 is 0 Å². The summed E-state index contributed by atoms with van der Waals surface area (Å²) in [4.78, 5) is 25.7. The molecule has 0 aromatic heterocycles. The predicted octanol–water partition coefficient (Wildman–Crippen LogP) is 12.6. The first-order chi connectivity index (χ1) is 29.5. The average molecular weight is 845 g/mol. The van der Waals surface area contributed by atoms with Crippen molar-refractivity contribution in [2.24, 2.45) is 46.3 Å². The van der Waals surface area contributed by atoms with E-state index in [1.165, 1.54) is 24.0 Å². The molecule has 0 radical (unpaired) electrons. The van der Waals surface area contributed by atoms with E-state index < -0.39 is 0 Å². The second-order valence-electron chi connectivity index (χ2n) is 23.2. The highest BCUT2D eigenvalue weighted by Gasteiger charge is 2.61. The highest BCUT2D eigenvalue weighted by Crippen LogP contribution is 2.68. The van der Waals surface area contributed by atoms with Crippen LogP contribution in [0.4, 0.5) is 0 Å². The van der Waals surface area contributed by atoms with Crippen molar-refractivity contribution >= 4 is 0 Å². The molecule has 0 spiro atoms. The van der Waals surface area contributed by atoms with E-state index in [4.69, 9.17) is 9.68 Å². The summed E-state index contributed by atoms with van der Waals surface area (Å²) in [6.07, 6.45) is 20.6. The molecular weight excluding hydrogens is 775 g/mol. The number of allylic oxidation sites excluding steroid dienone is 6. The Kier molecular flexibility index (Phi) is 10.1. The van der Waals surface area contributed by atoms with Crippen molar-refractivity contribution in [3.63, 3.8) is 0 Å². The van der Waals surface area contributed by atoms with E-state index in [2.05, 4.69) is 39.2 Å². The zero-order valence-electron chi connectivity index (χ0n) is 37.7. The molecule has 8 atom stereocenters. The van der Waals surface area contributed by atoms with Crippen LogP contribution in [0.3, 0.4) is 0 Å². The molecule has 10 aliphatic carbocycles. The Morgan fingerprint density at radius 3 is 1.27 bits per heavy atom. The smallest absolute Gasteiger partial charge is 0.477 e. The van der Waals surface area contributed by atoms with E-state index in [0.717, 1.165) is 112 Å². The third kappa shape index (κ3) is 7.08. The zero-order chi connectivity index (χ0) is 43.5. The van der Waals surface area contributed by atoms with Crippen molar-refractivity contribution < 1.29 is 35.2 Å². The molecule has 2 aromatic rings. The van der Waals surface area contributed by atoms with E-state index >= 15 is 0 Å². The Balaban J connectivity index is 0.832. The van der Waals surface area contributed by atoms with E-state index in [1.54, 1.807) is 0 Å². The van der Waals surface area contributed by atoms with Gasteiger partial charge in [0.1, 0.15) is 27.9 Å². The Morgan fingerprint density at radius 2 is 0.952 bits per heavy atom. The van der Waals surface area contributed by atoms with Gasteiger partial charge in [-0.15, -0.1) is 0 Å². The molecule has 0 heterocycles. The normalized spacial score (nSPS) is 39.0. The van der Waals surface area contributed by atoms with Crippen LogP contribution in [0.25, 0.3) is 0 Å². The SMILES string of the molecule is C=C(C)[C@@H]1CCC(C)=C[C@H]1c1c(O)cc(C23CC4CC(CC(CO[N+](=O)OCC56CC7CC(C5)CC(c5cc(O)c([C@@H]8C=C(C)CC[C@H]8C(=C)C)c(O)c5)(C7)C6)(C4)C2)C3)cc1O. The molecule has 2 aromatic carbocycles. The van der Waals surface area contributed by atoms with Gasteiger partial charge >= 0.3 is 5.09 Å². The van der Waals surface area contributed by atoms with Gasteiger partial charge in [-0.05, 0) is 212 Å². The van der Waals surface area contributed by atoms with Crippen LogP contribution in [0.5, 0.6) is 23.0 Å². The van der Waals surface area contributed by atoms with Gasteiger partial charge in [-0.25, -0.2) is 0 Å². The Labute approximate surface area is 368 Å². The third-order valence-electron chi connectivity index (χ3n) is 18.2. The van der Waals surface area contributed by atoms with Crippen molar-refractivity contribution in [1.82, 2.24) is 0 Å². The molecular formula is C54H70NO7+. The van der Waals surface area contributed by atoms with Crippen LogP contribution in [0.1, 0.15) is 165 Å². The summed E-state index contributed by atoms with van der Waals surface area (Å²) in [5, 5.41) is 47.1. The lowest BCUT2D eigenvalue weighted by molar-refractivity contribution is -0.984. The minimum atomic E-state index is -0.186. The van der Waals surface area contributed by atoms with E-state index in [-0.39, 0.29) is 68.3 Å². The maximum Gasteiger partial charge on any atom is 0.477 e. The van der Waals surface area contributed by atoms with Gasteiger partial charge < -0.3 is 20.4 Å². The molecule has 4 unspecified atom stereocenters. The van der Waals surface area contributed by atoms with Crippen LogP contribution < -0.4 is 0 Å². The maximum absolute atomic E-state index is 13.6. The number of aromatic hydroxyl groups is 4. The first-order valence-electron chi connectivity index (χ1n) is 24.0. The van der Waals surface area contributed by atoms with Crippen LogP contribution in [-0.4, -0.2) is 38.7 Å². The van der Waals surface area contributed by atoms with Gasteiger partial charge in [0.2, 0.25) is 0 Å². The first kappa shape index (κ1) is 41.8. The summed E-state index contributed by atoms with van der Waals surface area (Å²) >= 11 is 0. The molecule has 8 nitrogen and oxygen atoms in total. The van der Waals surface area contributed by atoms with Gasteiger partial charge in [0, 0.05) is 33.8 Å². The largest absolute Gasteiger partial charge is 0.507 e. The van der Waals surface area contributed by atoms with E-state index in [0.29, 0.717) is 53.1 Å². The van der Waals surface area contributed by atoms with Crippen molar-refractivity contribution in [3.8, 4) is 23.0 Å². The summed E-state index contributed by atoms with van der Waals surface area (Å²) in [6, 6.07) is 7.76. The van der Waals surface area contributed by atoms with E-state index in [9.17, 15) is 25.3 Å². The Hall–Kier alpha value is -4.20. The van der Waals surface area contributed by atoms with E-state index in [1.807, 2.05) is 38.1 Å². The standard InChI is InChI=1S/C54H69NO7/c1-31(2)41-9-7-33(5)11-43(41)49-45(56)15-39(16-46(49)57)53-23-35-13-36(24-53)20-51(19-35,27-53)29-61-55(60)62-30-52-21-37-14-38(22-52)26-54(25-37,28-52)40-17-47(58)50(48(59)18-40)44-12-34(6)8-10-42(44)32(3)4/h11-12,15-18,35-38,41-44H,1,3,7-10,13-14,19-30H2,2,4-6H3,(H3-,56,57,58,59)/p+1/t35?,36?,37?,38?,41-,42-,43+,44+,51?,52?,53?,54?/m0/s1. The van der Waals surface area contributed by atoms with Crippen molar-refractivity contribution in [1.29, 1.82) is 0 Å². The fourth-order valence-corrected chi connectivity index (χ4v) is 16.7. The number of hydrogen-bond donors (Lipinski definition) is 4. The van der Waals surface area contributed by atoms with Crippen LogP contribution in [0.15, 0.2) is 71.9 Å². The lowest BCUT2D eigenvalue weighted by atomic mass is 9.43. The molecule has 332 valence electrons. The van der Waals surface area contributed by atoms with Gasteiger partial charge in [0.05, 0.1) is 0 Å².